The van der Waals surface area contributed by atoms with Gasteiger partial charge in [0.1, 0.15) is 22.9 Å². The molecule has 2 heterocycles. The van der Waals surface area contributed by atoms with Gasteiger partial charge < -0.3 is 9.64 Å². The largest absolute Gasteiger partial charge is 0.416 e. The van der Waals surface area contributed by atoms with Crippen molar-refractivity contribution in [1.29, 1.82) is 0 Å². The highest BCUT2D eigenvalue weighted by Crippen LogP contribution is 2.31. The Balaban J connectivity index is 1.78. The SMILES string of the molecule is Cc1nc(Cl)cc(N2CCOC(c3ccc(C(F)(F)F)cc3)C2)n1. The summed E-state index contributed by atoms with van der Waals surface area (Å²) in [5.74, 6) is 1.25. The summed E-state index contributed by atoms with van der Waals surface area (Å²) >= 11 is 5.97. The number of aryl methyl sites for hydroxylation is 1. The minimum Gasteiger partial charge on any atom is -0.370 e. The molecule has 1 aromatic carbocycles. The molecule has 8 heteroatoms. The third-order valence-corrected chi connectivity index (χ3v) is 3.99. The predicted molar refractivity (Wildman–Crippen MR) is 84.1 cm³/mol. The fourth-order valence-electron chi connectivity index (χ4n) is 2.62. The molecule has 0 radical (unpaired) electrons. The summed E-state index contributed by atoms with van der Waals surface area (Å²) in [6.07, 6.45) is -4.66. The zero-order chi connectivity index (χ0) is 17.3. The lowest BCUT2D eigenvalue weighted by Gasteiger charge is -2.34. The van der Waals surface area contributed by atoms with Crippen LogP contribution in [-0.2, 0) is 10.9 Å². The third kappa shape index (κ3) is 3.79. The summed E-state index contributed by atoms with van der Waals surface area (Å²) in [5, 5.41) is 0.357. The van der Waals surface area contributed by atoms with Gasteiger partial charge in [-0.25, -0.2) is 9.97 Å². The molecule has 1 aliphatic rings. The van der Waals surface area contributed by atoms with Crippen LogP contribution in [0.5, 0.6) is 0 Å². The second-order valence-electron chi connectivity index (χ2n) is 5.52. The van der Waals surface area contributed by atoms with Crippen molar-refractivity contribution in [2.75, 3.05) is 24.6 Å². The van der Waals surface area contributed by atoms with Crippen LogP contribution in [-0.4, -0.2) is 29.7 Å². The molecule has 1 saturated heterocycles. The highest BCUT2D eigenvalue weighted by Gasteiger charge is 2.31. The standard InChI is InChI=1S/C16H15ClF3N3O/c1-10-21-14(17)8-15(22-10)23-6-7-24-13(9-23)11-2-4-12(5-3-11)16(18,19)20/h2-5,8,13H,6-7,9H2,1H3. The lowest BCUT2D eigenvalue weighted by Crippen LogP contribution is -2.39. The number of benzene rings is 1. The Kier molecular flexibility index (Phi) is 4.64. The molecule has 0 bridgehead atoms. The average molecular weight is 358 g/mol. The number of morpholine rings is 1. The molecule has 0 spiro atoms. The van der Waals surface area contributed by atoms with Gasteiger partial charge in [-0.05, 0) is 24.6 Å². The molecule has 0 N–H and O–H groups in total. The Hall–Kier alpha value is -1.86. The number of anilines is 1. The maximum absolute atomic E-state index is 12.7. The first-order chi connectivity index (χ1) is 11.3. The number of alkyl halides is 3. The quantitative estimate of drug-likeness (QED) is 0.760. The van der Waals surface area contributed by atoms with E-state index >= 15 is 0 Å². The van der Waals surface area contributed by atoms with Gasteiger partial charge in [-0.2, -0.15) is 13.2 Å². The fourth-order valence-corrected chi connectivity index (χ4v) is 2.84. The van der Waals surface area contributed by atoms with Crippen LogP contribution in [0.4, 0.5) is 19.0 Å². The summed E-state index contributed by atoms with van der Waals surface area (Å²) in [4.78, 5) is 10.4. The first kappa shape index (κ1) is 17.0. The Morgan fingerprint density at radius 3 is 2.54 bits per heavy atom. The Morgan fingerprint density at radius 1 is 1.21 bits per heavy atom. The lowest BCUT2D eigenvalue weighted by molar-refractivity contribution is -0.137. The van der Waals surface area contributed by atoms with E-state index in [0.29, 0.717) is 42.1 Å². The molecule has 1 unspecified atom stereocenters. The van der Waals surface area contributed by atoms with E-state index in [1.54, 1.807) is 13.0 Å². The molecular weight excluding hydrogens is 343 g/mol. The minimum atomic E-state index is -4.34. The molecule has 128 valence electrons. The van der Waals surface area contributed by atoms with Crippen LogP contribution < -0.4 is 4.90 Å². The number of aromatic nitrogens is 2. The first-order valence-electron chi connectivity index (χ1n) is 7.38. The molecule has 1 aromatic heterocycles. The van der Waals surface area contributed by atoms with Crippen molar-refractivity contribution in [3.05, 3.63) is 52.4 Å². The highest BCUT2D eigenvalue weighted by atomic mass is 35.5. The van der Waals surface area contributed by atoms with E-state index in [1.807, 2.05) is 4.90 Å². The fraction of sp³-hybridized carbons (Fsp3) is 0.375. The van der Waals surface area contributed by atoms with Crippen molar-refractivity contribution < 1.29 is 17.9 Å². The van der Waals surface area contributed by atoms with Crippen molar-refractivity contribution in [1.82, 2.24) is 9.97 Å². The van der Waals surface area contributed by atoms with Crippen LogP contribution in [0.25, 0.3) is 0 Å². The number of halogens is 4. The first-order valence-corrected chi connectivity index (χ1v) is 7.75. The van der Waals surface area contributed by atoms with Gasteiger partial charge in [-0.1, -0.05) is 23.7 Å². The zero-order valence-electron chi connectivity index (χ0n) is 12.8. The van der Waals surface area contributed by atoms with Crippen LogP contribution in [0.3, 0.4) is 0 Å². The van der Waals surface area contributed by atoms with Gasteiger partial charge in [0.15, 0.2) is 0 Å². The van der Waals surface area contributed by atoms with E-state index in [0.717, 1.165) is 12.1 Å². The van der Waals surface area contributed by atoms with Crippen LogP contribution in [0.2, 0.25) is 5.15 Å². The predicted octanol–water partition coefficient (Wildman–Crippen LogP) is 4.04. The maximum Gasteiger partial charge on any atom is 0.416 e. The van der Waals surface area contributed by atoms with E-state index in [4.69, 9.17) is 16.3 Å². The van der Waals surface area contributed by atoms with Crippen molar-refractivity contribution in [2.24, 2.45) is 0 Å². The Bertz CT molecular complexity index is 701. The molecular formula is C16H15ClF3N3O. The number of rotatable bonds is 2. The van der Waals surface area contributed by atoms with E-state index in [-0.39, 0.29) is 6.10 Å². The van der Waals surface area contributed by atoms with Crippen molar-refractivity contribution in [3.63, 3.8) is 0 Å². The van der Waals surface area contributed by atoms with Crippen LogP contribution >= 0.6 is 11.6 Å². The monoisotopic (exact) mass is 357 g/mol. The molecule has 1 atom stereocenters. The van der Waals surface area contributed by atoms with Gasteiger partial charge in [-0.15, -0.1) is 0 Å². The Labute approximate surface area is 142 Å². The smallest absolute Gasteiger partial charge is 0.370 e. The topological polar surface area (TPSA) is 38.2 Å². The highest BCUT2D eigenvalue weighted by molar-refractivity contribution is 6.29. The summed E-state index contributed by atoms with van der Waals surface area (Å²) in [7, 11) is 0. The normalized spacial score (nSPS) is 18.7. The summed E-state index contributed by atoms with van der Waals surface area (Å²) < 4.78 is 43.7. The van der Waals surface area contributed by atoms with Gasteiger partial charge >= 0.3 is 6.18 Å². The van der Waals surface area contributed by atoms with E-state index in [1.165, 1.54) is 12.1 Å². The van der Waals surface area contributed by atoms with Crippen molar-refractivity contribution >= 4 is 17.4 Å². The number of ether oxygens (including phenoxy) is 1. The van der Waals surface area contributed by atoms with Gasteiger partial charge in [0.25, 0.3) is 0 Å². The third-order valence-electron chi connectivity index (χ3n) is 3.79. The molecule has 4 nitrogen and oxygen atoms in total. The molecule has 0 aliphatic carbocycles. The van der Waals surface area contributed by atoms with Crippen LogP contribution in [0, 0.1) is 6.92 Å². The molecule has 3 rings (SSSR count). The van der Waals surface area contributed by atoms with Gasteiger partial charge in [0, 0.05) is 19.2 Å². The molecule has 2 aromatic rings. The van der Waals surface area contributed by atoms with Gasteiger partial charge in [0.05, 0.1) is 12.2 Å². The molecule has 1 fully saturated rings. The minimum absolute atomic E-state index is 0.324. The van der Waals surface area contributed by atoms with Crippen molar-refractivity contribution in [3.8, 4) is 0 Å². The number of hydrogen-bond acceptors (Lipinski definition) is 4. The molecule has 24 heavy (non-hydrogen) atoms. The van der Waals surface area contributed by atoms with E-state index in [9.17, 15) is 13.2 Å². The molecule has 0 amide bonds. The average Bonchev–Trinajstić information content (AvgIpc) is 2.53. The Morgan fingerprint density at radius 2 is 1.92 bits per heavy atom. The second-order valence-corrected chi connectivity index (χ2v) is 5.91. The van der Waals surface area contributed by atoms with Crippen LogP contribution in [0.15, 0.2) is 30.3 Å². The number of hydrogen-bond donors (Lipinski definition) is 0. The van der Waals surface area contributed by atoms with Gasteiger partial charge in [0.2, 0.25) is 0 Å². The van der Waals surface area contributed by atoms with Gasteiger partial charge in [-0.3, -0.25) is 0 Å². The lowest BCUT2D eigenvalue weighted by atomic mass is 10.1. The van der Waals surface area contributed by atoms with Crippen LogP contribution in [0.1, 0.15) is 23.1 Å². The summed E-state index contributed by atoms with van der Waals surface area (Å²) in [6, 6.07) is 6.72. The maximum atomic E-state index is 12.7. The second kappa shape index (κ2) is 6.57. The zero-order valence-corrected chi connectivity index (χ0v) is 13.6. The molecule has 0 saturated carbocycles. The molecule has 1 aliphatic heterocycles. The summed E-state index contributed by atoms with van der Waals surface area (Å²) in [5.41, 5.74) is 0.0293. The van der Waals surface area contributed by atoms with E-state index < -0.39 is 11.7 Å². The number of nitrogens with zero attached hydrogens (tertiary/aromatic N) is 3. The summed E-state index contributed by atoms with van der Waals surface area (Å²) in [6.45, 7) is 3.32. The van der Waals surface area contributed by atoms with Crippen molar-refractivity contribution in [2.45, 2.75) is 19.2 Å². The van der Waals surface area contributed by atoms with E-state index in [2.05, 4.69) is 9.97 Å².